The average molecular weight is 248 g/mol. The van der Waals surface area contributed by atoms with E-state index in [1.165, 1.54) is 9.80 Å². The van der Waals surface area contributed by atoms with Crippen LogP contribution in [-0.4, -0.2) is 87.1 Å². The topological polar surface area (TPSA) is 30.0 Å². The number of rotatable bonds is 0. The van der Waals surface area contributed by atoms with Gasteiger partial charge in [-0.15, -0.1) is 0 Å². The predicted octanol–water partition coefficient (Wildman–Crippen LogP) is 0.624. The highest BCUT2D eigenvalue weighted by Gasteiger charge is 2.02. The van der Waals surface area contributed by atoms with Gasteiger partial charge in [-0.25, -0.2) is 4.79 Å². The summed E-state index contributed by atoms with van der Waals surface area (Å²) in [7, 11) is 14.6. The van der Waals surface area contributed by atoms with Crippen LogP contribution in [0.5, 0.6) is 0 Å². The van der Waals surface area contributed by atoms with Crippen LogP contribution in [0.3, 0.4) is 0 Å². The first kappa shape index (κ1) is 17.4. The monoisotopic (exact) mass is 248 g/mol. The molecule has 0 atom stereocenters. The third kappa shape index (κ3) is 8.28. The zero-order valence-electron chi connectivity index (χ0n) is 11.6. The van der Waals surface area contributed by atoms with E-state index in [-0.39, 0.29) is 6.03 Å². The van der Waals surface area contributed by atoms with Crippen molar-refractivity contribution < 1.29 is 4.79 Å². The van der Waals surface area contributed by atoms with Crippen LogP contribution in [-0.2, 0) is 0 Å². The van der Waals surface area contributed by atoms with E-state index >= 15 is 0 Å². The molecular weight excluding hydrogens is 224 g/mol. The van der Waals surface area contributed by atoms with Crippen molar-refractivity contribution in [3.05, 3.63) is 0 Å². The minimum atomic E-state index is 0.0185. The Morgan fingerprint density at radius 2 is 0.938 bits per heavy atom. The third-order valence-corrected chi connectivity index (χ3v) is 2.26. The van der Waals surface area contributed by atoms with Crippen molar-refractivity contribution in [2.45, 2.75) is 0 Å². The maximum Gasteiger partial charge on any atom is 0.318 e. The van der Waals surface area contributed by atoms with Crippen molar-refractivity contribution >= 4 is 23.4 Å². The fourth-order valence-corrected chi connectivity index (χ4v) is 0.800. The molecule has 0 spiro atoms. The lowest BCUT2D eigenvalue weighted by molar-refractivity contribution is 0.191. The van der Waals surface area contributed by atoms with Crippen molar-refractivity contribution in [3.8, 4) is 0 Å². The minimum absolute atomic E-state index is 0.0185. The van der Waals surface area contributed by atoms with Crippen molar-refractivity contribution in [3.63, 3.8) is 0 Å². The Balaban J connectivity index is 0. The Kier molecular flexibility index (Phi) is 8.84. The SMILES string of the molecule is CN(C)C(=O)N(C)C.CN(C)C(=S)N(C)C. The number of carbonyl (C=O) groups excluding carboxylic acids is 1. The summed E-state index contributed by atoms with van der Waals surface area (Å²) in [5.74, 6) is 0. The van der Waals surface area contributed by atoms with Gasteiger partial charge >= 0.3 is 6.03 Å². The number of hydrogen-bond donors (Lipinski definition) is 0. The first-order valence-electron chi connectivity index (χ1n) is 4.88. The second-order valence-corrected chi connectivity index (χ2v) is 4.51. The summed E-state index contributed by atoms with van der Waals surface area (Å²) in [4.78, 5) is 17.5. The van der Waals surface area contributed by atoms with Crippen molar-refractivity contribution in [1.82, 2.24) is 19.6 Å². The van der Waals surface area contributed by atoms with E-state index in [4.69, 9.17) is 12.2 Å². The lowest BCUT2D eigenvalue weighted by Gasteiger charge is -2.20. The van der Waals surface area contributed by atoms with Gasteiger partial charge in [0.25, 0.3) is 0 Å². The van der Waals surface area contributed by atoms with Gasteiger partial charge in [-0.2, -0.15) is 0 Å². The molecule has 16 heavy (non-hydrogen) atoms. The zero-order valence-corrected chi connectivity index (χ0v) is 12.4. The summed E-state index contributed by atoms with van der Waals surface area (Å²) in [6, 6.07) is 0.0185. The quantitative estimate of drug-likeness (QED) is 0.588. The molecule has 0 fully saturated rings. The lowest BCUT2D eigenvalue weighted by atomic mass is 10.7. The van der Waals surface area contributed by atoms with E-state index in [9.17, 15) is 4.79 Å². The van der Waals surface area contributed by atoms with E-state index in [2.05, 4.69) is 0 Å². The van der Waals surface area contributed by atoms with Crippen LogP contribution in [0.4, 0.5) is 4.79 Å². The first-order chi connectivity index (χ1) is 7.11. The number of nitrogens with zero attached hydrogens (tertiary/aromatic N) is 4. The van der Waals surface area contributed by atoms with Crippen molar-refractivity contribution in [2.24, 2.45) is 0 Å². The molecule has 6 heteroatoms. The maximum absolute atomic E-state index is 10.7. The van der Waals surface area contributed by atoms with Crippen LogP contribution in [0.2, 0.25) is 0 Å². The molecule has 96 valence electrons. The molecule has 0 bridgehead atoms. The number of amides is 2. The standard InChI is InChI=1S/C5H12N2O.C5H12N2S/c2*1-6(2)5(8)7(3)4/h2*1-4H3. The molecule has 2 amide bonds. The number of thiocarbonyl (C=S) groups is 1. The lowest BCUT2D eigenvalue weighted by Crippen LogP contribution is -2.33. The highest BCUT2D eigenvalue weighted by molar-refractivity contribution is 7.80. The van der Waals surface area contributed by atoms with Crippen LogP contribution in [0, 0.1) is 0 Å². The molecule has 5 nitrogen and oxygen atoms in total. The van der Waals surface area contributed by atoms with Crippen LogP contribution in [0.25, 0.3) is 0 Å². The highest BCUT2D eigenvalue weighted by Crippen LogP contribution is 1.85. The fourth-order valence-electron chi connectivity index (χ4n) is 0.800. The zero-order chi connectivity index (χ0) is 13.5. The van der Waals surface area contributed by atoms with E-state index in [1.807, 2.05) is 38.0 Å². The Hall–Kier alpha value is -1.04. The highest BCUT2D eigenvalue weighted by atomic mass is 32.1. The summed E-state index contributed by atoms with van der Waals surface area (Å²) in [5, 5.41) is 0.852. The molecule has 0 heterocycles. The number of carbonyl (C=O) groups is 1. The largest absolute Gasteiger partial charge is 0.355 e. The summed E-state index contributed by atoms with van der Waals surface area (Å²) >= 11 is 4.95. The molecule has 0 saturated heterocycles. The second-order valence-electron chi connectivity index (χ2n) is 4.14. The van der Waals surface area contributed by atoms with Gasteiger partial charge in [0.15, 0.2) is 5.11 Å². The predicted molar refractivity (Wildman–Crippen MR) is 72.7 cm³/mol. The van der Waals surface area contributed by atoms with Gasteiger partial charge in [0.2, 0.25) is 0 Å². The molecule has 0 aliphatic heterocycles. The first-order valence-corrected chi connectivity index (χ1v) is 5.29. The van der Waals surface area contributed by atoms with Crippen LogP contribution in [0.15, 0.2) is 0 Å². The average Bonchev–Trinajstić information content (AvgIpc) is 2.15. The molecule has 0 saturated carbocycles. The molecule has 0 aromatic heterocycles. The Labute approximate surface area is 105 Å². The van der Waals surface area contributed by atoms with Gasteiger partial charge in [-0.3, -0.25) is 0 Å². The molecule has 0 aliphatic rings. The number of hydrogen-bond acceptors (Lipinski definition) is 2. The molecule has 0 aromatic rings. The normalized spacial score (nSPS) is 8.50. The molecule has 0 rings (SSSR count). The van der Waals surface area contributed by atoms with Gasteiger partial charge in [-0.05, 0) is 12.2 Å². The second kappa shape index (κ2) is 8.15. The van der Waals surface area contributed by atoms with Gasteiger partial charge in [-0.1, -0.05) is 0 Å². The molecule has 0 radical (unpaired) electrons. The van der Waals surface area contributed by atoms with Gasteiger partial charge < -0.3 is 19.6 Å². The summed E-state index contributed by atoms with van der Waals surface area (Å²) in [5.41, 5.74) is 0. The Bertz CT molecular complexity index is 183. The van der Waals surface area contributed by atoms with Crippen LogP contribution < -0.4 is 0 Å². The van der Waals surface area contributed by atoms with Gasteiger partial charge in [0.1, 0.15) is 0 Å². The fraction of sp³-hybridized carbons (Fsp3) is 0.800. The number of urea groups is 1. The van der Waals surface area contributed by atoms with Gasteiger partial charge in [0.05, 0.1) is 0 Å². The van der Waals surface area contributed by atoms with E-state index in [0.717, 1.165) is 5.11 Å². The summed E-state index contributed by atoms with van der Waals surface area (Å²) in [6.45, 7) is 0. The van der Waals surface area contributed by atoms with Crippen LogP contribution >= 0.6 is 12.2 Å². The molecule has 0 unspecified atom stereocenters. The maximum atomic E-state index is 10.7. The Morgan fingerprint density at radius 3 is 0.938 bits per heavy atom. The van der Waals surface area contributed by atoms with E-state index < -0.39 is 0 Å². The Morgan fingerprint density at radius 1 is 0.688 bits per heavy atom. The van der Waals surface area contributed by atoms with Crippen LogP contribution in [0.1, 0.15) is 0 Å². The van der Waals surface area contributed by atoms with Gasteiger partial charge in [0, 0.05) is 56.4 Å². The van der Waals surface area contributed by atoms with E-state index in [1.54, 1.807) is 28.2 Å². The smallest absolute Gasteiger partial charge is 0.318 e. The molecule has 0 aromatic carbocycles. The summed E-state index contributed by atoms with van der Waals surface area (Å²) in [6.07, 6.45) is 0. The van der Waals surface area contributed by atoms with Crippen molar-refractivity contribution in [2.75, 3.05) is 56.4 Å². The molecule has 0 aliphatic carbocycles. The molecular formula is C10H24N4OS. The molecule has 0 N–H and O–H groups in total. The van der Waals surface area contributed by atoms with E-state index in [0.29, 0.717) is 0 Å². The summed E-state index contributed by atoms with van der Waals surface area (Å²) < 4.78 is 0. The third-order valence-electron chi connectivity index (χ3n) is 1.53. The minimum Gasteiger partial charge on any atom is -0.355 e. The van der Waals surface area contributed by atoms with Crippen molar-refractivity contribution in [1.29, 1.82) is 0 Å².